The van der Waals surface area contributed by atoms with Crippen molar-refractivity contribution in [1.82, 2.24) is 0 Å². The average Bonchev–Trinajstić information content (AvgIpc) is 2.63. The normalized spacial score (nSPS) is 11.1. The van der Waals surface area contributed by atoms with E-state index in [-0.39, 0.29) is 0 Å². The fraction of sp³-hybridized carbons (Fsp3) is 0.750. The van der Waals surface area contributed by atoms with Gasteiger partial charge in [0.15, 0.2) is 0 Å². The number of hydrogen-bond donors (Lipinski definition) is 0. The summed E-state index contributed by atoms with van der Waals surface area (Å²) in [6.45, 7) is 3.03. The number of unbranched alkanes of at least 4 members (excludes halogenated alkanes) is 15. The Morgan fingerprint density at radius 3 is 1.33 bits per heavy atom. The smallest absolute Gasteiger partial charge is 0.122 e. The summed E-state index contributed by atoms with van der Waals surface area (Å²) in [5.74, 6) is 0.772. The number of ether oxygens (including phenoxy) is 1. The average molecular weight is 415 g/mol. The van der Waals surface area contributed by atoms with E-state index in [4.69, 9.17) is 27.9 Å². The van der Waals surface area contributed by atoms with Crippen molar-refractivity contribution in [2.45, 2.75) is 110 Å². The maximum Gasteiger partial charge on any atom is 0.122 e. The van der Waals surface area contributed by atoms with E-state index in [1.54, 1.807) is 6.07 Å². The molecule has 0 bridgehead atoms. The molecule has 0 fully saturated rings. The second-order valence-corrected chi connectivity index (χ2v) is 8.63. The molecule has 0 aromatic heterocycles. The Morgan fingerprint density at radius 2 is 0.926 bits per heavy atom. The molecule has 0 aliphatic carbocycles. The summed E-state index contributed by atoms with van der Waals surface area (Å²) < 4.78 is 5.72. The Kier molecular flexibility index (Phi) is 16.1. The van der Waals surface area contributed by atoms with Crippen molar-refractivity contribution in [2.24, 2.45) is 0 Å². The summed E-state index contributed by atoms with van der Waals surface area (Å²) in [7, 11) is 0. The van der Waals surface area contributed by atoms with Crippen LogP contribution in [0.5, 0.6) is 5.75 Å². The van der Waals surface area contributed by atoms with Crippen LogP contribution in [0.2, 0.25) is 10.0 Å². The molecule has 1 aromatic rings. The summed E-state index contributed by atoms with van der Waals surface area (Å²) in [6.07, 6.45) is 22.1. The third-order valence-electron chi connectivity index (χ3n) is 5.10. The van der Waals surface area contributed by atoms with Crippen LogP contribution in [-0.4, -0.2) is 6.61 Å². The number of halogens is 2. The molecular formula is C24H40Cl2O. The first-order valence-electron chi connectivity index (χ1n) is 11.3. The second kappa shape index (κ2) is 17.7. The Hall–Kier alpha value is -0.400. The fourth-order valence-corrected chi connectivity index (χ4v) is 3.96. The molecule has 0 heterocycles. The van der Waals surface area contributed by atoms with Gasteiger partial charge >= 0.3 is 0 Å². The highest BCUT2D eigenvalue weighted by Gasteiger charge is 1.99. The minimum Gasteiger partial charge on any atom is -0.493 e. The summed E-state index contributed by atoms with van der Waals surface area (Å²) in [4.78, 5) is 0. The van der Waals surface area contributed by atoms with Crippen LogP contribution in [0.25, 0.3) is 0 Å². The molecule has 0 radical (unpaired) electrons. The van der Waals surface area contributed by atoms with Crippen LogP contribution in [0.1, 0.15) is 110 Å². The molecule has 0 amide bonds. The maximum atomic E-state index is 5.97. The zero-order chi connectivity index (χ0) is 19.6. The Morgan fingerprint density at radius 1 is 0.556 bits per heavy atom. The molecular weight excluding hydrogens is 375 g/mol. The first-order chi connectivity index (χ1) is 13.2. The first kappa shape index (κ1) is 24.6. The van der Waals surface area contributed by atoms with Gasteiger partial charge in [-0.2, -0.15) is 0 Å². The number of benzene rings is 1. The molecule has 1 nitrogen and oxygen atoms in total. The summed E-state index contributed by atoms with van der Waals surface area (Å²) >= 11 is 11.9. The van der Waals surface area contributed by atoms with Crippen molar-refractivity contribution in [2.75, 3.05) is 6.61 Å². The van der Waals surface area contributed by atoms with E-state index >= 15 is 0 Å². The first-order valence-corrected chi connectivity index (χ1v) is 12.1. The summed E-state index contributed by atoms with van der Waals surface area (Å²) in [5, 5.41) is 1.26. The van der Waals surface area contributed by atoms with Crippen LogP contribution in [0.4, 0.5) is 0 Å². The van der Waals surface area contributed by atoms with Crippen molar-refractivity contribution in [3.63, 3.8) is 0 Å². The minimum absolute atomic E-state index is 0.629. The minimum atomic E-state index is 0.629. The van der Waals surface area contributed by atoms with Crippen LogP contribution in [-0.2, 0) is 0 Å². The van der Waals surface area contributed by atoms with Gasteiger partial charge < -0.3 is 4.74 Å². The number of hydrogen-bond acceptors (Lipinski definition) is 1. The molecule has 0 saturated heterocycles. The van der Waals surface area contributed by atoms with E-state index in [2.05, 4.69) is 6.92 Å². The van der Waals surface area contributed by atoms with E-state index < -0.39 is 0 Å². The topological polar surface area (TPSA) is 9.23 Å². The Labute approximate surface area is 178 Å². The number of rotatable bonds is 18. The maximum absolute atomic E-state index is 5.97. The van der Waals surface area contributed by atoms with Crippen LogP contribution in [0, 0.1) is 0 Å². The predicted molar refractivity (Wildman–Crippen MR) is 122 cm³/mol. The van der Waals surface area contributed by atoms with Gasteiger partial charge in [-0.3, -0.25) is 0 Å². The highest BCUT2D eigenvalue weighted by molar-refractivity contribution is 6.34. The highest BCUT2D eigenvalue weighted by atomic mass is 35.5. The van der Waals surface area contributed by atoms with E-state index in [1.165, 1.54) is 96.3 Å². The summed E-state index contributed by atoms with van der Waals surface area (Å²) in [6, 6.07) is 5.37. The SMILES string of the molecule is CCCCCCCCCCCCCCCCCCOc1cc(Cl)cc(Cl)c1. The molecule has 0 aliphatic heterocycles. The van der Waals surface area contributed by atoms with Crippen molar-refractivity contribution >= 4 is 23.2 Å². The highest BCUT2D eigenvalue weighted by Crippen LogP contribution is 2.24. The standard InChI is InChI=1S/C24H40Cl2O/c1-2-3-4-5-6-7-8-9-10-11-12-13-14-15-16-17-18-27-24-20-22(25)19-23(26)21-24/h19-21H,2-18H2,1H3. The van der Waals surface area contributed by atoms with Gasteiger partial charge in [-0.05, 0) is 24.6 Å². The van der Waals surface area contributed by atoms with Crippen molar-refractivity contribution < 1.29 is 4.74 Å². The quantitative estimate of drug-likeness (QED) is 0.217. The second-order valence-electron chi connectivity index (χ2n) is 7.76. The van der Waals surface area contributed by atoms with Crippen LogP contribution in [0.3, 0.4) is 0 Å². The lowest BCUT2D eigenvalue weighted by Gasteiger charge is -2.07. The molecule has 0 N–H and O–H groups in total. The fourth-order valence-electron chi connectivity index (χ4n) is 3.45. The van der Waals surface area contributed by atoms with Crippen LogP contribution < -0.4 is 4.74 Å². The van der Waals surface area contributed by atoms with Gasteiger partial charge in [0.05, 0.1) is 6.61 Å². The Bertz CT molecular complexity index is 441. The summed E-state index contributed by atoms with van der Waals surface area (Å²) in [5.41, 5.74) is 0. The molecule has 27 heavy (non-hydrogen) atoms. The van der Waals surface area contributed by atoms with Gasteiger partial charge in [0, 0.05) is 10.0 Å². The zero-order valence-electron chi connectivity index (χ0n) is 17.4. The van der Waals surface area contributed by atoms with Crippen molar-refractivity contribution in [3.05, 3.63) is 28.2 Å². The molecule has 1 aromatic carbocycles. The van der Waals surface area contributed by atoms with Crippen molar-refractivity contribution in [1.29, 1.82) is 0 Å². The molecule has 156 valence electrons. The van der Waals surface area contributed by atoms with Gasteiger partial charge in [-0.15, -0.1) is 0 Å². The largest absolute Gasteiger partial charge is 0.493 e. The van der Waals surface area contributed by atoms with Gasteiger partial charge in [0.1, 0.15) is 5.75 Å². The van der Waals surface area contributed by atoms with Crippen molar-refractivity contribution in [3.8, 4) is 5.75 Å². The van der Waals surface area contributed by atoms with Gasteiger partial charge in [-0.25, -0.2) is 0 Å². The van der Waals surface area contributed by atoms with Crippen LogP contribution in [0.15, 0.2) is 18.2 Å². The molecule has 0 saturated carbocycles. The lowest BCUT2D eigenvalue weighted by atomic mass is 10.0. The Balaban J connectivity index is 1.78. The van der Waals surface area contributed by atoms with Gasteiger partial charge in [0.25, 0.3) is 0 Å². The lowest BCUT2D eigenvalue weighted by molar-refractivity contribution is 0.304. The lowest BCUT2D eigenvalue weighted by Crippen LogP contribution is -1.97. The van der Waals surface area contributed by atoms with E-state index in [9.17, 15) is 0 Å². The predicted octanol–water partition coefficient (Wildman–Crippen LogP) is 9.63. The third kappa shape index (κ3) is 15.2. The van der Waals surface area contributed by atoms with E-state index in [0.717, 1.165) is 18.8 Å². The molecule has 1 rings (SSSR count). The monoisotopic (exact) mass is 414 g/mol. The van der Waals surface area contributed by atoms with Gasteiger partial charge in [-0.1, -0.05) is 126 Å². The zero-order valence-corrected chi connectivity index (χ0v) is 18.9. The molecule has 3 heteroatoms. The molecule has 0 aliphatic rings. The van der Waals surface area contributed by atoms with E-state index in [0.29, 0.717) is 10.0 Å². The molecule has 0 spiro atoms. The van der Waals surface area contributed by atoms with Gasteiger partial charge in [0.2, 0.25) is 0 Å². The van der Waals surface area contributed by atoms with E-state index in [1.807, 2.05) is 12.1 Å². The van der Waals surface area contributed by atoms with Crippen LogP contribution >= 0.6 is 23.2 Å². The molecule has 0 atom stereocenters. The molecule has 0 unspecified atom stereocenters. The third-order valence-corrected chi connectivity index (χ3v) is 5.54.